The highest BCUT2D eigenvalue weighted by Crippen LogP contribution is 2.40. The molecule has 0 atom stereocenters. The first-order chi connectivity index (χ1) is 8.93. The van der Waals surface area contributed by atoms with E-state index in [9.17, 15) is 35.9 Å². The van der Waals surface area contributed by atoms with E-state index in [4.69, 9.17) is 5.11 Å². The topological polar surface area (TPSA) is 63.6 Å². The van der Waals surface area contributed by atoms with E-state index < -0.39 is 41.2 Å². The largest absolute Gasteiger partial charge is 0.473 e. The van der Waals surface area contributed by atoms with E-state index in [1.165, 1.54) is 0 Å². The Hall–Kier alpha value is -2.26. The molecule has 0 unspecified atom stereocenters. The summed E-state index contributed by atoms with van der Waals surface area (Å²) in [5.41, 5.74) is -3.21. The van der Waals surface area contributed by atoms with E-state index in [2.05, 4.69) is 4.74 Å². The minimum Gasteiger partial charge on any atom is -0.473 e. The van der Waals surface area contributed by atoms with Gasteiger partial charge in [-0.15, -0.1) is 0 Å². The molecule has 1 N–H and O–H groups in total. The van der Waals surface area contributed by atoms with Gasteiger partial charge in [-0.2, -0.15) is 26.3 Å². The number of carbonyl (C=O) groups is 2. The van der Waals surface area contributed by atoms with Gasteiger partial charge >= 0.3 is 24.3 Å². The molecule has 0 aromatic heterocycles. The summed E-state index contributed by atoms with van der Waals surface area (Å²) in [6.45, 7) is 0. The molecule has 10 heteroatoms. The zero-order valence-electron chi connectivity index (χ0n) is 9.17. The van der Waals surface area contributed by atoms with E-state index in [-0.39, 0.29) is 18.2 Å². The summed E-state index contributed by atoms with van der Waals surface area (Å²) in [5.74, 6) is -5.90. The Morgan fingerprint density at radius 3 is 1.95 bits per heavy atom. The van der Waals surface area contributed by atoms with Crippen LogP contribution in [0.2, 0.25) is 0 Å². The molecule has 20 heavy (non-hydrogen) atoms. The number of esters is 1. The van der Waals surface area contributed by atoms with Crippen molar-refractivity contribution in [2.24, 2.45) is 0 Å². The van der Waals surface area contributed by atoms with Crippen LogP contribution in [0.1, 0.15) is 11.1 Å². The lowest BCUT2D eigenvalue weighted by Gasteiger charge is -2.14. The van der Waals surface area contributed by atoms with E-state index in [0.717, 1.165) is 0 Å². The van der Waals surface area contributed by atoms with Crippen LogP contribution in [-0.2, 0) is 21.9 Å². The van der Waals surface area contributed by atoms with Crippen LogP contribution in [0, 0.1) is 0 Å². The van der Waals surface area contributed by atoms with Crippen LogP contribution in [0.5, 0.6) is 5.75 Å². The number of carboxylic acid groups (broad SMARTS) is 1. The molecule has 1 rings (SSSR count). The molecule has 1 aromatic carbocycles. The first-order valence-electron chi connectivity index (χ1n) is 4.66. The third kappa shape index (κ3) is 3.62. The van der Waals surface area contributed by atoms with Gasteiger partial charge in [0.25, 0.3) is 0 Å². The monoisotopic (exact) mass is 302 g/mol. The Labute approximate surface area is 106 Å². The lowest BCUT2D eigenvalue weighted by Crippen LogP contribution is -2.21. The molecule has 0 bridgehead atoms. The maximum Gasteiger partial charge on any atom is 0.422 e. The van der Waals surface area contributed by atoms with Gasteiger partial charge in [-0.3, -0.25) is 0 Å². The van der Waals surface area contributed by atoms with E-state index in [1.54, 1.807) is 0 Å². The number of aliphatic carboxylic acids is 1. The average molecular weight is 302 g/mol. The summed E-state index contributed by atoms with van der Waals surface area (Å²) in [6.07, 6.45) is -10.1. The van der Waals surface area contributed by atoms with Gasteiger partial charge in [0.05, 0.1) is 11.1 Å². The van der Waals surface area contributed by atoms with Crippen LogP contribution < -0.4 is 4.74 Å². The summed E-state index contributed by atoms with van der Waals surface area (Å²) in [6, 6.07) is 0.0951. The fourth-order valence-corrected chi connectivity index (χ4v) is 1.16. The van der Waals surface area contributed by atoms with Crippen molar-refractivity contribution in [1.29, 1.82) is 0 Å². The Bertz CT molecular complexity index is 546. The van der Waals surface area contributed by atoms with Gasteiger partial charge in [-0.1, -0.05) is 0 Å². The zero-order chi connectivity index (χ0) is 15.7. The van der Waals surface area contributed by atoms with Crippen LogP contribution in [0.3, 0.4) is 0 Å². The highest BCUT2D eigenvalue weighted by molar-refractivity contribution is 6.29. The number of ether oxygens (including phenoxy) is 1. The molecule has 0 aliphatic carbocycles. The molecule has 1 aromatic rings. The molecular weight excluding hydrogens is 298 g/mol. The molecule has 0 amide bonds. The predicted molar refractivity (Wildman–Crippen MR) is 49.7 cm³/mol. The average Bonchev–Trinajstić information content (AvgIpc) is 2.25. The quantitative estimate of drug-likeness (QED) is 0.375. The van der Waals surface area contributed by atoms with E-state index in [1.807, 2.05) is 0 Å². The van der Waals surface area contributed by atoms with Crippen LogP contribution >= 0.6 is 0 Å². The van der Waals surface area contributed by atoms with Crippen LogP contribution in [-0.4, -0.2) is 17.0 Å². The number of halogens is 6. The van der Waals surface area contributed by atoms with Gasteiger partial charge in [0.2, 0.25) is 0 Å². The molecule has 0 saturated carbocycles. The number of alkyl halides is 6. The Balaban J connectivity index is 3.34. The molecule has 0 fully saturated rings. The molecule has 0 spiro atoms. The summed E-state index contributed by atoms with van der Waals surface area (Å²) in [7, 11) is 0. The highest BCUT2D eigenvalue weighted by Gasteiger charge is 2.38. The van der Waals surface area contributed by atoms with Crippen molar-refractivity contribution in [2.75, 3.05) is 0 Å². The highest BCUT2D eigenvalue weighted by atomic mass is 19.4. The number of carbonyl (C=O) groups excluding carboxylic acids is 1. The van der Waals surface area contributed by atoms with Gasteiger partial charge in [-0.05, 0) is 18.2 Å². The summed E-state index contributed by atoms with van der Waals surface area (Å²) in [4.78, 5) is 20.9. The molecular formula is C10H4F6O4. The zero-order valence-corrected chi connectivity index (χ0v) is 9.17. The Morgan fingerprint density at radius 1 is 1.00 bits per heavy atom. The van der Waals surface area contributed by atoms with Crippen molar-refractivity contribution >= 4 is 11.9 Å². The van der Waals surface area contributed by atoms with Crippen molar-refractivity contribution < 1.29 is 45.8 Å². The minimum absolute atomic E-state index is 0.0489. The van der Waals surface area contributed by atoms with E-state index in [0.29, 0.717) is 0 Å². The van der Waals surface area contributed by atoms with Crippen LogP contribution in [0.15, 0.2) is 18.2 Å². The SMILES string of the molecule is O=C(O)C(=O)Oc1cc(C(F)(F)F)ccc1C(F)(F)F. The molecule has 0 aliphatic heterocycles. The number of rotatable bonds is 1. The number of benzene rings is 1. The summed E-state index contributed by atoms with van der Waals surface area (Å²) in [5, 5.41) is 8.19. The number of hydrogen-bond donors (Lipinski definition) is 1. The van der Waals surface area contributed by atoms with Gasteiger partial charge < -0.3 is 9.84 Å². The molecule has 0 aliphatic rings. The van der Waals surface area contributed by atoms with Crippen molar-refractivity contribution in [3.05, 3.63) is 29.3 Å². The second kappa shape index (κ2) is 5.02. The molecule has 0 radical (unpaired) electrons. The van der Waals surface area contributed by atoms with E-state index >= 15 is 0 Å². The summed E-state index contributed by atoms with van der Waals surface area (Å²) >= 11 is 0. The predicted octanol–water partition coefficient (Wildman–Crippen LogP) is 2.71. The fourth-order valence-electron chi connectivity index (χ4n) is 1.16. The van der Waals surface area contributed by atoms with Crippen molar-refractivity contribution in [3.63, 3.8) is 0 Å². The van der Waals surface area contributed by atoms with Crippen molar-refractivity contribution in [1.82, 2.24) is 0 Å². The maximum atomic E-state index is 12.5. The maximum absolute atomic E-state index is 12.5. The second-order valence-electron chi connectivity index (χ2n) is 3.40. The van der Waals surface area contributed by atoms with Gasteiger partial charge in [0.1, 0.15) is 5.75 Å². The second-order valence-corrected chi connectivity index (χ2v) is 3.40. The lowest BCUT2D eigenvalue weighted by molar-refractivity contribution is -0.159. The molecule has 0 heterocycles. The lowest BCUT2D eigenvalue weighted by atomic mass is 10.1. The van der Waals surface area contributed by atoms with Gasteiger partial charge in [-0.25, -0.2) is 9.59 Å². The Kier molecular flexibility index (Phi) is 3.97. The third-order valence-corrected chi connectivity index (χ3v) is 1.99. The number of carboxylic acids is 1. The van der Waals surface area contributed by atoms with Crippen molar-refractivity contribution in [2.45, 2.75) is 12.4 Å². The van der Waals surface area contributed by atoms with Gasteiger partial charge in [0.15, 0.2) is 0 Å². The first kappa shape index (κ1) is 15.8. The minimum atomic E-state index is -5.11. The normalized spacial score (nSPS) is 12.1. The van der Waals surface area contributed by atoms with Gasteiger partial charge in [0, 0.05) is 0 Å². The van der Waals surface area contributed by atoms with Crippen LogP contribution in [0.25, 0.3) is 0 Å². The summed E-state index contributed by atoms with van der Waals surface area (Å²) < 4.78 is 78.4. The molecule has 0 saturated heterocycles. The number of hydrogen-bond acceptors (Lipinski definition) is 3. The van der Waals surface area contributed by atoms with Crippen LogP contribution in [0.4, 0.5) is 26.3 Å². The third-order valence-electron chi connectivity index (χ3n) is 1.99. The molecule has 110 valence electrons. The smallest absolute Gasteiger partial charge is 0.422 e. The van der Waals surface area contributed by atoms with Crippen molar-refractivity contribution in [3.8, 4) is 5.75 Å². The fraction of sp³-hybridized carbons (Fsp3) is 0.200. The first-order valence-corrected chi connectivity index (χ1v) is 4.66. The Morgan fingerprint density at radius 2 is 1.55 bits per heavy atom. The standard InChI is InChI=1S/C10H4F6O4/c11-9(12,13)4-1-2-5(10(14,15)16)6(3-4)20-8(19)7(17)18/h1-3H,(H,17,18). The molecule has 4 nitrogen and oxygen atoms in total.